The Bertz CT molecular complexity index is 814. The second kappa shape index (κ2) is 6.79. The predicted octanol–water partition coefficient (Wildman–Crippen LogP) is 5.00. The van der Waals surface area contributed by atoms with Crippen LogP contribution in [-0.4, -0.2) is 17.1 Å². The van der Waals surface area contributed by atoms with Crippen LogP contribution in [0, 0.1) is 0 Å². The quantitative estimate of drug-likeness (QED) is 0.671. The van der Waals surface area contributed by atoms with Crippen molar-refractivity contribution in [2.75, 3.05) is 5.32 Å². The Labute approximate surface area is 139 Å². The summed E-state index contributed by atoms with van der Waals surface area (Å²) >= 11 is 1.52. The lowest BCUT2D eigenvalue weighted by atomic mass is 10.2. The maximum atomic E-state index is 12.1. The highest BCUT2D eigenvalue weighted by molar-refractivity contribution is 7.22. The molecule has 0 aliphatic carbocycles. The summed E-state index contributed by atoms with van der Waals surface area (Å²) in [5.41, 5.74) is 2.42. The summed E-state index contributed by atoms with van der Waals surface area (Å²) in [5.74, 6) is -0.285. The Morgan fingerprint density at radius 2 is 2.04 bits per heavy atom. The monoisotopic (exact) mass is 326 g/mol. The number of hydrogen-bond donors (Lipinski definition) is 1. The minimum absolute atomic E-state index is 0.0741. The Balaban J connectivity index is 1.82. The van der Waals surface area contributed by atoms with Crippen molar-refractivity contribution < 1.29 is 9.53 Å². The summed E-state index contributed by atoms with van der Waals surface area (Å²) in [7, 11) is 0. The number of anilines is 2. The first-order valence-corrected chi connectivity index (χ1v) is 8.41. The van der Waals surface area contributed by atoms with Crippen LogP contribution in [0.2, 0.25) is 0 Å². The molecule has 1 N–H and O–H groups in total. The molecule has 1 heterocycles. The topological polar surface area (TPSA) is 51.2 Å². The van der Waals surface area contributed by atoms with E-state index in [-0.39, 0.29) is 12.1 Å². The Hall–Kier alpha value is -2.40. The Morgan fingerprint density at radius 1 is 1.26 bits per heavy atom. The van der Waals surface area contributed by atoms with Crippen LogP contribution in [0.5, 0.6) is 0 Å². The van der Waals surface area contributed by atoms with Crippen molar-refractivity contribution in [1.29, 1.82) is 0 Å². The molecule has 2 aromatic carbocycles. The normalized spacial score (nSPS) is 12.1. The molecule has 0 fully saturated rings. The highest BCUT2D eigenvalue weighted by Crippen LogP contribution is 2.29. The number of thiazole rings is 1. The van der Waals surface area contributed by atoms with Gasteiger partial charge in [-0.15, -0.1) is 0 Å². The highest BCUT2D eigenvalue weighted by atomic mass is 32.1. The van der Waals surface area contributed by atoms with Crippen LogP contribution < -0.4 is 5.32 Å². The van der Waals surface area contributed by atoms with Crippen LogP contribution >= 0.6 is 11.3 Å². The van der Waals surface area contributed by atoms with Gasteiger partial charge in [0.25, 0.3) is 0 Å². The average Bonchev–Trinajstić information content (AvgIpc) is 2.96. The molecule has 0 saturated heterocycles. The zero-order chi connectivity index (χ0) is 16.2. The fourth-order valence-corrected chi connectivity index (χ4v) is 3.01. The maximum absolute atomic E-state index is 12.1. The number of ether oxygens (including phenoxy) is 1. The lowest BCUT2D eigenvalue weighted by Gasteiger charge is -2.10. The molecule has 23 heavy (non-hydrogen) atoms. The number of para-hydroxylation sites is 1. The molecule has 118 valence electrons. The van der Waals surface area contributed by atoms with Crippen molar-refractivity contribution in [3.8, 4) is 0 Å². The van der Waals surface area contributed by atoms with Gasteiger partial charge in [0.05, 0.1) is 21.9 Å². The number of carbonyl (C=O) groups excluding carboxylic acids is 1. The van der Waals surface area contributed by atoms with Crippen molar-refractivity contribution in [1.82, 2.24) is 4.98 Å². The molecule has 0 saturated carbocycles. The third kappa shape index (κ3) is 3.68. The molecule has 3 rings (SSSR count). The van der Waals surface area contributed by atoms with Crippen molar-refractivity contribution in [3.05, 3.63) is 54.1 Å². The molecule has 0 radical (unpaired) electrons. The van der Waals surface area contributed by atoms with E-state index in [0.717, 1.165) is 27.5 Å². The van der Waals surface area contributed by atoms with Crippen molar-refractivity contribution in [2.45, 2.75) is 26.4 Å². The third-order valence-corrected chi connectivity index (χ3v) is 4.47. The van der Waals surface area contributed by atoms with Crippen LogP contribution in [0.1, 0.15) is 30.6 Å². The number of nitrogens with zero attached hydrogens (tertiary/aromatic N) is 1. The molecule has 1 unspecified atom stereocenters. The maximum Gasteiger partial charge on any atom is 0.338 e. The van der Waals surface area contributed by atoms with E-state index in [0.29, 0.717) is 5.56 Å². The van der Waals surface area contributed by atoms with Gasteiger partial charge in [0.1, 0.15) is 0 Å². The van der Waals surface area contributed by atoms with Gasteiger partial charge in [-0.2, -0.15) is 0 Å². The number of esters is 1. The molecular weight excluding hydrogens is 308 g/mol. The third-order valence-electron chi connectivity index (χ3n) is 3.53. The van der Waals surface area contributed by atoms with E-state index < -0.39 is 0 Å². The Kier molecular flexibility index (Phi) is 4.57. The van der Waals surface area contributed by atoms with Gasteiger partial charge in [0, 0.05) is 5.69 Å². The number of fused-ring (bicyclic) bond motifs is 1. The lowest BCUT2D eigenvalue weighted by Crippen LogP contribution is -2.13. The Morgan fingerprint density at radius 3 is 2.78 bits per heavy atom. The zero-order valence-electron chi connectivity index (χ0n) is 13.1. The van der Waals surface area contributed by atoms with Crippen LogP contribution in [0.3, 0.4) is 0 Å². The first kappa shape index (κ1) is 15.5. The number of aromatic nitrogens is 1. The van der Waals surface area contributed by atoms with Gasteiger partial charge >= 0.3 is 5.97 Å². The van der Waals surface area contributed by atoms with E-state index in [9.17, 15) is 4.79 Å². The zero-order valence-corrected chi connectivity index (χ0v) is 13.9. The first-order valence-electron chi connectivity index (χ1n) is 7.59. The highest BCUT2D eigenvalue weighted by Gasteiger charge is 2.13. The minimum atomic E-state index is -0.285. The summed E-state index contributed by atoms with van der Waals surface area (Å²) in [5, 5.41) is 4.08. The van der Waals surface area contributed by atoms with E-state index in [4.69, 9.17) is 4.74 Å². The fraction of sp³-hybridized carbons (Fsp3) is 0.222. The van der Waals surface area contributed by atoms with E-state index in [2.05, 4.69) is 10.3 Å². The summed E-state index contributed by atoms with van der Waals surface area (Å²) in [6.45, 7) is 3.89. The minimum Gasteiger partial charge on any atom is -0.459 e. The van der Waals surface area contributed by atoms with Gasteiger partial charge < -0.3 is 10.1 Å². The molecule has 3 aromatic rings. The largest absolute Gasteiger partial charge is 0.459 e. The van der Waals surface area contributed by atoms with Gasteiger partial charge in [0.15, 0.2) is 5.13 Å². The van der Waals surface area contributed by atoms with E-state index in [1.165, 1.54) is 11.3 Å². The molecule has 0 aliphatic heterocycles. The summed E-state index contributed by atoms with van der Waals surface area (Å²) in [6, 6.07) is 15.3. The number of carbonyl (C=O) groups is 1. The standard InChI is InChI=1S/C18H18N2O2S/c1-3-12(2)22-17(21)13-9-10-15-16(11-13)23-18(20-15)19-14-7-5-4-6-8-14/h4-12H,3H2,1-2H3,(H,19,20). The van der Waals surface area contributed by atoms with Gasteiger partial charge in [0.2, 0.25) is 0 Å². The second-order valence-electron chi connectivity index (χ2n) is 5.32. The van der Waals surface area contributed by atoms with E-state index in [1.54, 1.807) is 6.07 Å². The van der Waals surface area contributed by atoms with Gasteiger partial charge in [-0.25, -0.2) is 9.78 Å². The smallest absolute Gasteiger partial charge is 0.338 e. The molecule has 0 spiro atoms. The number of nitrogens with one attached hydrogen (secondary N) is 1. The lowest BCUT2D eigenvalue weighted by molar-refractivity contribution is 0.0334. The molecule has 0 aliphatic rings. The number of hydrogen-bond acceptors (Lipinski definition) is 5. The van der Waals surface area contributed by atoms with E-state index in [1.807, 2.05) is 56.3 Å². The SMILES string of the molecule is CCC(C)OC(=O)c1ccc2nc(Nc3ccccc3)sc2c1. The summed E-state index contributed by atoms with van der Waals surface area (Å²) < 4.78 is 6.33. The first-order chi connectivity index (χ1) is 11.2. The van der Waals surface area contributed by atoms with Gasteiger partial charge in [-0.05, 0) is 43.7 Å². The molecule has 0 amide bonds. The molecule has 4 nitrogen and oxygen atoms in total. The number of rotatable bonds is 5. The van der Waals surface area contributed by atoms with E-state index >= 15 is 0 Å². The van der Waals surface area contributed by atoms with Gasteiger partial charge in [-0.3, -0.25) is 0 Å². The van der Waals surface area contributed by atoms with Crippen molar-refractivity contribution in [3.63, 3.8) is 0 Å². The fourth-order valence-electron chi connectivity index (χ4n) is 2.08. The van der Waals surface area contributed by atoms with Crippen molar-refractivity contribution >= 4 is 38.3 Å². The van der Waals surface area contributed by atoms with Crippen molar-refractivity contribution in [2.24, 2.45) is 0 Å². The average molecular weight is 326 g/mol. The second-order valence-corrected chi connectivity index (χ2v) is 6.35. The summed E-state index contributed by atoms with van der Waals surface area (Å²) in [4.78, 5) is 16.6. The van der Waals surface area contributed by atoms with Crippen LogP contribution in [0.25, 0.3) is 10.2 Å². The van der Waals surface area contributed by atoms with Crippen LogP contribution in [0.4, 0.5) is 10.8 Å². The number of benzene rings is 2. The molecule has 1 aromatic heterocycles. The van der Waals surface area contributed by atoms with Gasteiger partial charge in [-0.1, -0.05) is 36.5 Å². The molecule has 5 heteroatoms. The molecule has 0 bridgehead atoms. The summed E-state index contributed by atoms with van der Waals surface area (Å²) in [6.07, 6.45) is 0.731. The molecule has 1 atom stereocenters. The molecular formula is C18H18N2O2S. The van der Waals surface area contributed by atoms with Crippen LogP contribution in [0.15, 0.2) is 48.5 Å². The van der Waals surface area contributed by atoms with Crippen LogP contribution in [-0.2, 0) is 4.74 Å². The predicted molar refractivity (Wildman–Crippen MR) is 94.5 cm³/mol.